The Morgan fingerprint density at radius 1 is 1.21 bits per heavy atom. The van der Waals surface area contributed by atoms with Crippen LogP contribution in [0.5, 0.6) is 0 Å². The van der Waals surface area contributed by atoms with Gasteiger partial charge in [-0.25, -0.2) is 0 Å². The molecule has 0 heterocycles. The predicted molar refractivity (Wildman–Crippen MR) is 65.4 cm³/mol. The molecule has 0 atom stereocenters. The van der Waals surface area contributed by atoms with Crippen molar-refractivity contribution in [1.82, 2.24) is 4.90 Å². The molecule has 0 saturated heterocycles. The molecule has 0 aliphatic heterocycles. The average molecular weight is 191 g/mol. The molecule has 1 aromatic rings. The van der Waals surface area contributed by atoms with Crippen LogP contribution in [0.25, 0.3) is 6.08 Å². The molecule has 1 rings (SSSR count). The van der Waals surface area contributed by atoms with Gasteiger partial charge in [0.2, 0.25) is 0 Å². The molecule has 0 spiro atoms. The number of rotatable bonds is 3. The summed E-state index contributed by atoms with van der Waals surface area (Å²) in [7, 11) is 4.17. The van der Waals surface area contributed by atoms with Crippen LogP contribution in [0.15, 0.2) is 36.9 Å². The van der Waals surface area contributed by atoms with E-state index >= 15 is 0 Å². The van der Waals surface area contributed by atoms with Crippen molar-refractivity contribution in [3.63, 3.8) is 0 Å². The monoisotopic (exact) mass is 191 g/mol. The van der Waals surface area contributed by atoms with Gasteiger partial charge in [-0.05, 0) is 32.6 Å². The van der Waals surface area contributed by atoms with Crippen molar-refractivity contribution in [2.24, 2.45) is 0 Å². The zero-order valence-corrected chi connectivity index (χ0v) is 9.53. The average Bonchev–Trinajstić information content (AvgIpc) is 2.20. The van der Waals surface area contributed by atoms with Crippen LogP contribution in [0.2, 0.25) is 0 Å². The number of benzene rings is 1. The largest absolute Gasteiger partial charge is 0.309 e. The standard InChI is InChI=1S/C8H8.C5H13N/c1-2-8-6-4-3-5-7-8;1-4-5-6(2)3/h2-7H,1H2;4-5H2,1-3H3. The Balaban J connectivity index is 0.000000255. The summed E-state index contributed by atoms with van der Waals surface area (Å²) in [5.74, 6) is 0. The van der Waals surface area contributed by atoms with Gasteiger partial charge in [0.25, 0.3) is 0 Å². The maximum atomic E-state index is 3.63. The smallest absolute Gasteiger partial charge is 0.00275 e. The lowest BCUT2D eigenvalue weighted by molar-refractivity contribution is 0.408. The fourth-order valence-electron chi connectivity index (χ4n) is 1.04. The second-order valence-electron chi connectivity index (χ2n) is 3.42. The second-order valence-corrected chi connectivity index (χ2v) is 3.42. The van der Waals surface area contributed by atoms with Gasteiger partial charge in [-0.3, -0.25) is 0 Å². The van der Waals surface area contributed by atoms with E-state index < -0.39 is 0 Å². The molecule has 1 nitrogen and oxygen atoms in total. The minimum atomic E-state index is 1.17. The van der Waals surface area contributed by atoms with E-state index in [1.54, 1.807) is 0 Å². The predicted octanol–water partition coefficient (Wildman–Crippen LogP) is 3.29. The summed E-state index contributed by atoms with van der Waals surface area (Å²) in [6, 6.07) is 10.0. The van der Waals surface area contributed by atoms with Crippen molar-refractivity contribution < 1.29 is 0 Å². The molecule has 0 bridgehead atoms. The summed E-state index contributed by atoms with van der Waals surface area (Å²) in [4.78, 5) is 2.18. The van der Waals surface area contributed by atoms with E-state index in [4.69, 9.17) is 0 Å². The molecule has 0 saturated carbocycles. The van der Waals surface area contributed by atoms with Crippen LogP contribution in [-0.4, -0.2) is 25.5 Å². The van der Waals surface area contributed by atoms with E-state index in [0.717, 1.165) is 0 Å². The van der Waals surface area contributed by atoms with Gasteiger partial charge in [0.1, 0.15) is 0 Å². The molecular formula is C13H21N. The Morgan fingerprint density at radius 2 is 1.79 bits per heavy atom. The highest BCUT2D eigenvalue weighted by atomic mass is 15.0. The van der Waals surface area contributed by atoms with Gasteiger partial charge in [-0.15, -0.1) is 0 Å². The molecule has 0 fully saturated rings. The lowest BCUT2D eigenvalue weighted by atomic mass is 10.2. The van der Waals surface area contributed by atoms with Crippen LogP contribution >= 0.6 is 0 Å². The molecule has 0 aliphatic rings. The third-order valence-electron chi connectivity index (χ3n) is 1.71. The van der Waals surface area contributed by atoms with E-state index in [-0.39, 0.29) is 0 Å². The second kappa shape index (κ2) is 8.52. The Bertz CT molecular complexity index is 226. The fourth-order valence-corrected chi connectivity index (χ4v) is 1.04. The topological polar surface area (TPSA) is 3.24 Å². The molecule has 0 radical (unpaired) electrons. The summed E-state index contributed by atoms with van der Waals surface area (Å²) >= 11 is 0. The van der Waals surface area contributed by atoms with Gasteiger partial charge in [0, 0.05) is 0 Å². The van der Waals surface area contributed by atoms with Gasteiger partial charge in [-0.2, -0.15) is 0 Å². The van der Waals surface area contributed by atoms with Crippen LogP contribution in [0.3, 0.4) is 0 Å². The third-order valence-corrected chi connectivity index (χ3v) is 1.71. The fraction of sp³-hybridized carbons (Fsp3) is 0.385. The SMILES string of the molecule is C=Cc1ccccc1.CCCN(C)C. The van der Waals surface area contributed by atoms with Gasteiger partial charge >= 0.3 is 0 Å². The molecule has 0 amide bonds. The highest BCUT2D eigenvalue weighted by molar-refractivity contribution is 5.45. The quantitative estimate of drug-likeness (QED) is 0.708. The molecule has 0 unspecified atom stereocenters. The molecular weight excluding hydrogens is 170 g/mol. The molecule has 0 aliphatic carbocycles. The van der Waals surface area contributed by atoms with Gasteiger partial charge in [0.15, 0.2) is 0 Å². The van der Waals surface area contributed by atoms with E-state index in [2.05, 4.69) is 32.5 Å². The Labute approximate surface area is 88.1 Å². The first-order valence-electron chi connectivity index (χ1n) is 5.03. The maximum absolute atomic E-state index is 3.63. The summed E-state index contributed by atoms with van der Waals surface area (Å²) in [5, 5.41) is 0. The van der Waals surface area contributed by atoms with Gasteiger partial charge in [-0.1, -0.05) is 49.9 Å². The zero-order chi connectivity index (χ0) is 10.8. The lowest BCUT2D eigenvalue weighted by Crippen LogP contribution is -2.11. The van der Waals surface area contributed by atoms with E-state index in [9.17, 15) is 0 Å². The Kier molecular flexibility index (Phi) is 7.86. The Hall–Kier alpha value is -1.08. The maximum Gasteiger partial charge on any atom is -0.00275 e. The summed E-state index contributed by atoms with van der Waals surface area (Å²) in [6.45, 7) is 7.02. The van der Waals surface area contributed by atoms with Crippen molar-refractivity contribution in [2.45, 2.75) is 13.3 Å². The Morgan fingerprint density at radius 3 is 2.00 bits per heavy atom. The minimum absolute atomic E-state index is 1.17. The first kappa shape index (κ1) is 12.9. The van der Waals surface area contributed by atoms with Crippen molar-refractivity contribution in [3.05, 3.63) is 42.5 Å². The highest BCUT2D eigenvalue weighted by Crippen LogP contribution is 1.97. The summed E-state index contributed by atoms with van der Waals surface area (Å²) in [5.41, 5.74) is 1.17. The van der Waals surface area contributed by atoms with E-state index in [1.807, 2.05) is 36.4 Å². The molecule has 78 valence electrons. The first-order valence-corrected chi connectivity index (χ1v) is 5.03. The number of hydrogen-bond donors (Lipinski definition) is 0. The summed E-state index contributed by atoms with van der Waals surface area (Å²) in [6.07, 6.45) is 3.09. The van der Waals surface area contributed by atoms with Crippen molar-refractivity contribution in [3.8, 4) is 0 Å². The molecule has 1 aromatic carbocycles. The number of nitrogens with zero attached hydrogens (tertiary/aromatic N) is 1. The molecule has 14 heavy (non-hydrogen) atoms. The molecule has 0 aromatic heterocycles. The van der Waals surface area contributed by atoms with Crippen molar-refractivity contribution >= 4 is 6.08 Å². The minimum Gasteiger partial charge on any atom is -0.309 e. The van der Waals surface area contributed by atoms with Gasteiger partial charge < -0.3 is 4.90 Å². The third kappa shape index (κ3) is 7.56. The van der Waals surface area contributed by atoms with Crippen LogP contribution in [-0.2, 0) is 0 Å². The highest BCUT2D eigenvalue weighted by Gasteiger charge is 1.79. The van der Waals surface area contributed by atoms with Crippen molar-refractivity contribution in [2.75, 3.05) is 20.6 Å². The van der Waals surface area contributed by atoms with Crippen LogP contribution in [0.4, 0.5) is 0 Å². The molecule has 0 N–H and O–H groups in total. The van der Waals surface area contributed by atoms with E-state index in [1.165, 1.54) is 18.5 Å². The van der Waals surface area contributed by atoms with Crippen molar-refractivity contribution in [1.29, 1.82) is 0 Å². The zero-order valence-electron chi connectivity index (χ0n) is 9.53. The molecule has 1 heteroatoms. The first-order chi connectivity index (χ1) is 6.70. The summed E-state index contributed by atoms with van der Waals surface area (Å²) < 4.78 is 0. The van der Waals surface area contributed by atoms with Crippen LogP contribution in [0.1, 0.15) is 18.9 Å². The van der Waals surface area contributed by atoms with Crippen LogP contribution < -0.4 is 0 Å². The number of hydrogen-bond acceptors (Lipinski definition) is 1. The lowest BCUT2D eigenvalue weighted by Gasteiger charge is -2.03. The normalized spacial score (nSPS) is 9.14. The van der Waals surface area contributed by atoms with Gasteiger partial charge in [0.05, 0.1) is 0 Å². The van der Waals surface area contributed by atoms with Crippen LogP contribution in [0, 0.1) is 0 Å². The van der Waals surface area contributed by atoms with E-state index in [0.29, 0.717) is 0 Å².